The summed E-state index contributed by atoms with van der Waals surface area (Å²) in [4.78, 5) is 0. The average Bonchev–Trinajstić information content (AvgIpc) is 2.38. The first-order valence-corrected chi connectivity index (χ1v) is 7.36. The van der Waals surface area contributed by atoms with E-state index in [0.29, 0.717) is 30.0 Å². The van der Waals surface area contributed by atoms with Gasteiger partial charge in [-0.05, 0) is 43.5 Å². The highest BCUT2D eigenvalue weighted by Crippen LogP contribution is 2.38. The third-order valence-corrected chi connectivity index (χ3v) is 3.38. The van der Waals surface area contributed by atoms with Crippen LogP contribution in [0.3, 0.4) is 0 Å². The number of rotatable bonds is 6. The summed E-state index contributed by atoms with van der Waals surface area (Å²) in [5.41, 5.74) is 1.22. The van der Waals surface area contributed by atoms with Crippen LogP contribution in [0, 0.1) is 0 Å². The zero-order chi connectivity index (χ0) is 13.7. The van der Waals surface area contributed by atoms with E-state index in [1.54, 1.807) is 0 Å². The minimum absolute atomic E-state index is 0.559. The van der Waals surface area contributed by atoms with Crippen LogP contribution < -0.4 is 14.8 Å². The molecule has 0 bridgehead atoms. The van der Waals surface area contributed by atoms with Crippen molar-refractivity contribution in [2.24, 2.45) is 0 Å². The van der Waals surface area contributed by atoms with Crippen LogP contribution in [0.2, 0.25) is 5.02 Å². The molecule has 1 heterocycles. The topological polar surface area (TPSA) is 30.5 Å². The monoisotopic (exact) mass is 283 g/mol. The highest BCUT2D eigenvalue weighted by Gasteiger charge is 2.16. The molecular formula is C15H22ClNO2. The largest absolute Gasteiger partial charge is 0.486 e. The van der Waals surface area contributed by atoms with E-state index < -0.39 is 0 Å². The van der Waals surface area contributed by atoms with E-state index in [1.165, 1.54) is 12.0 Å². The van der Waals surface area contributed by atoms with E-state index in [1.807, 2.05) is 6.07 Å². The molecule has 0 unspecified atom stereocenters. The van der Waals surface area contributed by atoms with Crippen molar-refractivity contribution in [2.45, 2.75) is 39.2 Å². The van der Waals surface area contributed by atoms with Gasteiger partial charge >= 0.3 is 0 Å². The van der Waals surface area contributed by atoms with Crippen molar-refractivity contribution in [1.29, 1.82) is 0 Å². The summed E-state index contributed by atoms with van der Waals surface area (Å²) in [6.07, 6.45) is 3.34. The molecule has 0 aliphatic carbocycles. The number of aryl methyl sites for hydroxylation is 1. The van der Waals surface area contributed by atoms with Crippen LogP contribution in [0.15, 0.2) is 12.1 Å². The highest BCUT2D eigenvalue weighted by molar-refractivity contribution is 6.32. The maximum absolute atomic E-state index is 6.21. The van der Waals surface area contributed by atoms with Crippen LogP contribution >= 0.6 is 11.6 Å². The predicted octanol–water partition coefficient (Wildman–Crippen LogP) is 3.43. The fourth-order valence-electron chi connectivity index (χ4n) is 2.15. The zero-order valence-electron chi connectivity index (χ0n) is 11.7. The fourth-order valence-corrected chi connectivity index (χ4v) is 2.44. The van der Waals surface area contributed by atoms with Gasteiger partial charge in [-0.3, -0.25) is 0 Å². The van der Waals surface area contributed by atoms with Crippen molar-refractivity contribution < 1.29 is 9.47 Å². The molecule has 4 heteroatoms. The Hall–Kier alpha value is -0.930. The molecule has 0 amide bonds. The van der Waals surface area contributed by atoms with Gasteiger partial charge in [0.15, 0.2) is 11.5 Å². The first kappa shape index (κ1) is 14.5. The molecule has 1 aliphatic rings. The van der Waals surface area contributed by atoms with Crippen LogP contribution in [0.1, 0.15) is 32.3 Å². The number of unbranched alkanes of at least 4 members (excludes halogenated alkanes) is 1. The molecular weight excluding hydrogens is 262 g/mol. The Kier molecular flexibility index (Phi) is 5.34. The summed E-state index contributed by atoms with van der Waals surface area (Å²) in [6, 6.07) is 4.60. The normalized spacial score (nSPS) is 13.9. The number of benzene rings is 1. The maximum Gasteiger partial charge on any atom is 0.179 e. The van der Waals surface area contributed by atoms with E-state index in [4.69, 9.17) is 21.1 Å². The van der Waals surface area contributed by atoms with Crippen LogP contribution in [-0.4, -0.2) is 25.8 Å². The average molecular weight is 284 g/mol. The lowest BCUT2D eigenvalue weighted by Crippen LogP contribution is -2.23. The van der Waals surface area contributed by atoms with Gasteiger partial charge in [0.2, 0.25) is 0 Å². The maximum atomic E-state index is 6.21. The third-order valence-electron chi connectivity index (χ3n) is 3.10. The number of hydrogen-bond acceptors (Lipinski definition) is 3. The zero-order valence-corrected chi connectivity index (χ0v) is 12.4. The molecule has 0 atom stereocenters. The SMILES string of the molecule is CC(C)NCCCCc1cc(Cl)c2c(c1)OCCO2. The standard InChI is InChI=1S/C15H22ClNO2/c1-11(2)17-6-4-3-5-12-9-13(16)15-14(10-12)18-7-8-19-15/h9-11,17H,3-8H2,1-2H3. The van der Waals surface area contributed by atoms with Gasteiger partial charge < -0.3 is 14.8 Å². The Labute approximate surface area is 120 Å². The minimum atomic E-state index is 0.559. The molecule has 2 rings (SSSR count). The second kappa shape index (κ2) is 7.01. The summed E-state index contributed by atoms with van der Waals surface area (Å²) < 4.78 is 11.1. The summed E-state index contributed by atoms with van der Waals surface area (Å²) in [6.45, 7) is 6.58. The predicted molar refractivity (Wildman–Crippen MR) is 78.5 cm³/mol. The lowest BCUT2D eigenvalue weighted by atomic mass is 10.1. The first-order valence-electron chi connectivity index (χ1n) is 6.98. The Morgan fingerprint density at radius 3 is 2.79 bits per heavy atom. The minimum Gasteiger partial charge on any atom is -0.486 e. The second-order valence-electron chi connectivity index (χ2n) is 5.17. The molecule has 3 nitrogen and oxygen atoms in total. The number of ether oxygens (including phenoxy) is 2. The Morgan fingerprint density at radius 1 is 1.21 bits per heavy atom. The molecule has 1 aliphatic heterocycles. The summed E-state index contributed by atoms with van der Waals surface area (Å²) >= 11 is 6.21. The van der Waals surface area contributed by atoms with E-state index in [-0.39, 0.29) is 0 Å². The van der Waals surface area contributed by atoms with Gasteiger partial charge in [-0.25, -0.2) is 0 Å². The Balaban J connectivity index is 1.85. The summed E-state index contributed by atoms with van der Waals surface area (Å²) in [5, 5.41) is 4.08. The van der Waals surface area contributed by atoms with Gasteiger partial charge in [0, 0.05) is 6.04 Å². The number of hydrogen-bond donors (Lipinski definition) is 1. The molecule has 1 aromatic carbocycles. The molecule has 106 valence electrons. The van der Waals surface area contributed by atoms with Crippen LogP contribution in [-0.2, 0) is 6.42 Å². The van der Waals surface area contributed by atoms with E-state index >= 15 is 0 Å². The van der Waals surface area contributed by atoms with E-state index in [0.717, 1.165) is 25.1 Å². The van der Waals surface area contributed by atoms with Crippen molar-refractivity contribution in [2.75, 3.05) is 19.8 Å². The molecule has 1 N–H and O–H groups in total. The lowest BCUT2D eigenvalue weighted by Gasteiger charge is -2.20. The number of fused-ring (bicyclic) bond motifs is 1. The Bertz CT molecular complexity index is 421. The number of halogens is 1. The quantitative estimate of drug-likeness (QED) is 0.812. The molecule has 19 heavy (non-hydrogen) atoms. The fraction of sp³-hybridized carbons (Fsp3) is 0.600. The number of nitrogens with one attached hydrogen (secondary N) is 1. The van der Waals surface area contributed by atoms with Crippen molar-refractivity contribution in [3.05, 3.63) is 22.7 Å². The summed E-state index contributed by atoms with van der Waals surface area (Å²) in [5.74, 6) is 1.48. The van der Waals surface area contributed by atoms with E-state index in [2.05, 4.69) is 25.2 Å². The molecule has 0 saturated carbocycles. The van der Waals surface area contributed by atoms with Crippen LogP contribution in [0.25, 0.3) is 0 Å². The van der Waals surface area contributed by atoms with Crippen molar-refractivity contribution >= 4 is 11.6 Å². The first-order chi connectivity index (χ1) is 9.16. The van der Waals surface area contributed by atoms with Gasteiger partial charge in [0.05, 0.1) is 5.02 Å². The van der Waals surface area contributed by atoms with Crippen LogP contribution in [0.4, 0.5) is 0 Å². The van der Waals surface area contributed by atoms with Crippen molar-refractivity contribution in [1.82, 2.24) is 5.32 Å². The third kappa shape index (κ3) is 4.29. The molecule has 0 radical (unpaired) electrons. The summed E-state index contributed by atoms with van der Waals surface area (Å²) in [7, 11) is 0. The molecule has 0 saturated heterocycles. The Morgan fingerprint density at radius 2 is 2.00 bits per heavy atom. The van der Waals surface area contributed by atoms with E-state index in [9.17, 15) is 0 Å². The van der Waals surface area contributed by atoms with Gasteiger partial charge in [0.1, 0.15) is 13.2 Å². The van der Waals surface area contributed by atoms with Gasteiger partial charge in [-0.2, -0.15) is 0 Å². The van der Waals surface area contributed by atoms with Gasteiger partial charge in [0.25, 0.3) is 0 Å². The molecule has 0 fully saturated rings. The smallest absolute Gasteiger partial charge is 0.179 e. The molecule has 0 aromatic heterocycles. The van der Waals surface area contributed by atoms with Crippen LogP contribution in [0.5, 0.6) is 11.5 Å². The van der Waals surface area contributed by atoms with Crippen molar-refractivity contribution in [3.8, 4) is 11.5 Å². The van der Waals surface area contributed by atoms with Crippen molar-refractivity contribution in [3.63, 3.8) is 0 Å². The second-order valence-corrected chi connectivity index (χ2v) is 5.57. The van der Waals surface area contributed by atoms with Gasteiger partial charge in [-0.15, -0.1) is 0 Å². The molecule has 1 aromatic rings. The molecule has 0 spiro atoms. The lowest BCUT2D eigenvalue weighted by molar-refractivity contribution is 0.171. The highest BCUT2D eigenvalue weighted by atomic mass is 35.5. The van der Waals surface area contributed by atoms with Gasteiger partial charge in [-0.1, -0.05) is 25.4 Å².